The number of esters is 1. The van der Waals surface area contributed by atoms with E-state index in [0.29, 0.717) is 13.2 Å². The molecule has 1 saturated heterocycles. The van der Waals surface area contributed by atoms with Crippen molar-refractivity contribution in [2.75, 3.05) is 19.8 Å². The molecule has 0 aromatic carbocycles. The summed E-state index contributed by atoms with van der Waals surface area (Å²) >= 11 is 0. The molecule has 0 bridgehead atoms. The largest absolute Gasteiger partial charge is 0.451 e. The summed E-state index contributed by atoms with van der Waals surface area (Å²) in [6, 6.07) is 5.48. The lowest BCUT2D eigenvalue weighted by Crippen LogP contribution is -2.55. The topological polar surface area (TPSA) is 86.5 Å². The Hall–Kier alpha value is -2.74. The fourth-order valence-corrected chi connectivity index (χ4v) is 4.29. The average molecular weight is 412 g/mol. The van der Waals surface area contributed by atoms with Crippen LogP contribution in [-0.2, 0) is 14.3 Å². The first-order valence-corrected chi connectivity index (χ1v) is 10.6. The zero-order valence-electron chi connectivity index (χ0n) is 17.5. The number of morpholine rings is 1. The summed E-state index contributed by atoms with van der Waals surface area (Å²) in [5, 5.41) is 4.43. The van der Waals surface area contributed by atoms with Crippen molar-refractivity contribution in [3.63, 3.8) is 0 Å². The second-order valence-electron chi connectivity index (χ2n) is 8.15. The molecule has 0 radical (unpaired) electrons. The molecule has 4 rings (SSSR count). The Kier molecular flexibility index (Phi) is 6.13. The highest BCUT2D eigenvalue weighted by molar-refractivity contribution is 5.89. The van der Waals surface area contributed by atoms with Gasteiger partial charge in [0.05, 0.1) is 24.4 Å². The molecule has 1 aliphatic heterocycles. The molecule has 1 amide bonds. The van der Waals surface area contributed by atoms with E-state index in [4.69, 9.17) is 9.47 Å². The maximum atomic E-state index is 12.8. The van der Waals surface area contributed by atoms with Gasteiger partial charge >= 0.3 is 5.97 Å². The van der Waals surface area contributed by atoms with Gasteiger partial charge in [-0.2, -0.15) is 5.10 Å². The molecule has 30 heavy (non-hydrogen) atoms. The van der Waals surface area contributed by atoms with Crippen LogP contribution < -0.4 is 0 Å². The number of amides is 1. The highest BCUT2D eigenvalue weighted by Crippen LogP contribution is 2.28. The average Bonchev–Trinajstić information content (AvgIpc) is 3.23. The Balaban J connectivity index is 1.43. The standard InChI is InChI=1S/C22H28N4O4/c1-15(2)19-13-17(24-26(19)16-7-9-23-10-8-16)22(28)30-14-21(27)25-11-12-29-20-6-4-3-5-18(20)25/h7-10,13,15,18,20H,3-6,11-12,14H2,1-2H3/t18-,20+/m1/s1. The molecular weight excluding hydrogens is 384 g/mol. The van der Waals surface area contributed by atoms with Gasteiger partial charge in [-0.1, -0.05) is 26.7 Å². The number of hydrogen-bond acceptors (Lipinski definition) is 6. The molecular formula is C22H28N4O4. The predicted octanol–water partition coefficient (Wildman–Crippen LogP) is 2.72. The van der Waals surface area contributed by atoms with Crippen molar-refractivity contribution in [2.24, 2.45) is 0 Å². The van der Waals surface area contributed by atoms with Gasteiger partial charge in [0.1, 0.15) is 0 Å². The molecule has 0 spiro atoms. The minimum atomic E-state index is -0.591. The van der Waals surface area contributed by atoms with Crippen molar-refractivity contribution in [2.45, 2.75) is 57.6 Å². The van der Waals surface area contributed by atoms with E-state index in [1.165, 1.54) is 0 Å². The van der Waals surface area contributed by atoms with E-state index in [2.05, 4.69) is 10.1 Å². The minimum absolute atomic E-state index is 0.0946. The first-order chi connectivity index (χ1) is 14.5. The van der Waals surface area contributed by atoms with Crippen molar-refractivity contribution < 1.29 is 19.1 Å². The number of fused-ring (bicyclic) bond motifs is 1. The van der Waals surface area contributed by atoms with Crippen LogP contribution in [0.1, 0.15) is 61.6 Å². The van der Waals surface area contributed by atoms with E-state index >= 15 is 0 Å². The Morgan fingerprint density at radius 3 is 2.77 bits per heavy atom. The zero-order valence-corrected chi connectivity index (χ0v) is 17.5. The molecule has 3 heterocycles. The quantitative estimate of drug-likeness (QED) is 0.702. The number of nitrogens with zero attached hydrogens (tertiary/aromatic N) is 4. The molecule has 8 nitrogen and oxygen atoms in total. The van der Waals surface area contributed by atoms with Crippen molar-refractivity contribution >= 4 is 11.9 Å². The van der Waals surface area contributed by atoms with Crippen LogP contribution in [-0.4, -0.2) is 63.4 Å². The molecule has 8 heteroatoms. The lowest BCUT2D eigenvalue weighted by Gasteiger charge is -2.43. The first kappa shape index (κ1) is 20.5. The van der Waals surface area contributed by atoms with Crippen LogP contribution in [0.15, 0.2) is 30.6 Å². The Bertz CT molecular complexity index is 894. The third-order valence-corrected chi connectivity index (χ3v) is 5.82. The number of pyridine rings is 1. The number of ether oxygens (including phenoxy) is 2. The summed E-state index contributed by atoms with van der Waals surface area (Å²) in [5.41, 5.74) is 1.90. The molecule has 1 saturated carbocycles. The third kappa shape index (κ3) is 4.23. The third-order valence-electron chi connectivity index (χ3n) is 5.82. The monoisotopic (exact) mass is 412 g/mol. The van der Waals surface area contributed by atoms with Crippen molar-refractivity contribution in [3.8, 4) is 5.69 Å². The SMILES string of the molecule is CC(C)c1cc(C(=O)OCC(=O)N2CCO[C@H]3CCCC[C@H]32)nn1-c1ccncc1. The van der Waals surface area contributed by atoms with E-state index in [1.54, 1.807) is 23.1 Å². The number of carbonyl (C=O) groups excluding carboxylic acids is 2. The molecule has 0 unspecified atom stereocenters. The van der Waals surface area contributed by atoms with E-state index in [9.17, 15) is 9.59 Å². The van der Waals surface area contributed by atoms with E-state index in [1.807, 2.05) is 30.9 Å². The number of rotatable bonds is 5. The molecule has 2 aromatic heterocycles. The summed E-state index contributed by atoms with van der Waals surface area (Å²) in [6.45, 7) is 4.88. The van der Waals surface area contributed by atoms with Gasteiger partial charge in [-0.15, -0.1) is 0 Å². The van der Waals surface area contributed by atoms with Crippen LogP contribution in [0.4, 0.5) is 0 Å². The van der Waals surface area contributed by atoms with Gasteiger partial charge in [0.2, 0.25) is 0 Å². The Morgan fingerprint density at radius 2 is 2.00 bits per heavy atom. The summed E-state index contributed by atoms with van der Waals surface area (Å²) in [5.74, 6) is -0.599. The fourth-order valence-electron chi connectivity index (χ4n) is 4.29. The van der Waals surface area contributed by atoms with Crippen molar-refractivity contribution in [3.05, 3.63) is 42.0 Å². The number of aromatic nitrogens is 3. The Morgan fingerprint density at radius 1 is 1.23 bits per heavy atom. The maximum Gasteiger partial charge on any atom is 0.359 e. The predicted molar refractivity (Wildman–Crippen MR) is 109 cm³/mol. The summed E-state index contributed by atoms with van der Waals surface area (Å²) in [7, 11) is 0. The second kappa shape index (κ2) is 8.95. The second-order valence-corrected chi connectivity index (χ2v) is 8.15. The van der Waals surface area contributed by atoms with Gasteiger partial charge in [-0.25, -0.2) is 9.48 Å². The molecule has 2 fully saturated rings. The molecule has 2 aromatic rings. The van der Waals surface area contributed by atoms with Crippen LogP contribution in [0.2, 0.25) is 0 Å². The fraction of sp³-hybridized carbons (Fsp3) is 0.545. The van der Waals surface area contributed by atoms with Gasteiger partial charge in [-0.3, -0.25) is 9.78 Å². The van der Waals surface area contributed by atoms with Gasteiger partial charge in [0.25, 0.3) is 5.91 Å². The maximum absolute atomic E-state index is 12.8. The first-order valence-electron chi connectivity index (χ1n) is 10.6. The summed E-state index contributed by atoms with van der Waals surface area (Å²) in [6.07, 6.45) is 7.63. The van der Waals surface area contributed by atoms with Gasteiger partial charge in [0, 0.05) is 24.6 Å². The highest BCUT2D eigenvalue weighted by Gasteiger charge is 2.37. The van der Waals surface area contributed by atoms with Crippen molar-refractivity contribution in [1.29, 1.82) is 0 Å². The van der Waals surface area contributed by atoms with Gasteiger partial charge in [0.15, 0.2) is 12.3 Å². The lowest BCUT2D eigenvalue weighted by molar-refractivity contribution is -0.152. The molecule has 2 atom stereocenters. The highest BCUT2D eigenvalue weighted by atomic mass is 16.5. The number of carbonyl (C=O) groups is 2. The van der Waals surface area contributed by atoms with E-state index in [0.717, 1.165) is 37.1 Å². The minimum Gasteiger partial charge on any atom is -0.451 e. The zero-order chi connectivity index (χ0) is 21.1. The lowest BCUT2D eigenvalue weighted by atomic mass is 9.90. The van der Waals surface area contributed by atoms with Gasteiger partial charge in [-0.05, 0) is 37.0 Å². The normalized spacial score (nSPS) is 21.4. The van der Waals surface area contributed by atoms with E-state index < -0.39 is 5.97 Å². The molecule has 0 N–H and O–H groups in total. The Labute approximate surface area is 176 Å². The van der Waals surface area contributed by atoms with E-state index in [-0.39, 0.29) is 36.3 Å². The summed E-state index contributed by atoms with van der Waals surface area (Å²) < 4.78 is 12.9. The molecule has 160 valence electrons. The van der Waals surface area contributed by atoms with Crippen LogP contribution in [0.3, 0.4) is 0 Å². The van der Waals surface area contributed by atoms with Crippen LogP contribution >= 0.6 is 0 Å². The number of hydrogen-bond donors (Lipinski definition) is 0. The summed E-state index contributed by atoms with van der Waals surface area (Å²) in [4.78, 5) is 31.2. The van der Waals surface area contributed by atoms with Crippen molar-refractivity contribution in [1.82, 2.24) is 19.7 Å². The van der Waals surface area contributed by atoms with Crippen LogP contribution in [0, 0.1) is 0 Å². The smallest absolute Gasteiger partial charge is 0.359 e. The molecule has 2 aliphatic rings. The van der Waals surface area contributed by atoms with Crippen LogP contribution in [0.25, 0.3) is 5.69 Å². The van der Waals surface area contributed by atoms with Crippen LogP contribution in [0.5, 0.6) is 0 Å². The van der Waals surface area contributed by atoms with Gasteiger partial charge < -0.3 is 14.4 Å². The molecule has 1 aliphatic carbocycles.